The predicted molar refractivity (Wildman–Crippen MR) is 104 cm³/mol. The minimum atomic E-state index is -0.168. The van der Waals surface area contributed by atoms with E-state index >= 15 is 0 Å². The third-order valence-corrected chi connectivity index (χ3v) is 4.83. The average Bonchev–Trinajstić information content (AvgIpc) is 2.64. The Bertz CT molecular complexity index is 801. The van der Waals surface area contributed by atoms with Gasteiger partial charge in [0.1, 0.15) is 0 Å². The van der Waals surface area contributed by atoms with Crippen LogP contribution in [0.3, 0.4) is 0 Å². The minimum Gasteiger partial charge on any atom is -0.339 e. The molecule has 26 heavy (non-hydrogen) atoms. The molecule has 3 rings (SSSR count). The molecule has 0 spiro atoms. The number of piperazine rings is 1. The number of anilines is 1. The Balaban J connectivity index is 1.51. The Morgan fingerprint density at radius 2 is 1.69 bits per heavy atom. The Hall–Kier alpha value is -2.53. The summed E-state index contributed by atoms with van der Waals surface area (Å²) in [6.45, 7) is 4.15. The summed E-state index contributed by atoms with van der Waals surface area (Å²) in [5.74, 6) is 0.106. The first-order valence-corrected chi connectivity index (χ1v) is 9.04. The molecule has 1 aliphatic heterocycles. The molecule has 0 atom stereocenters. The van der Waals surface area contributed by atoms with Crippen molar-refractivity contribution < 1.29 is 9.59 Å². The first kappa shape index (κ1) is 18.3. The van der Waals surface area contributed by atoms with Crippen LogP contribution in [-0.4, -0.2) is 47.9 Å². The first-order valence-electron chi connectivity index (χ1n) is 8.67. The number of urea groups is 1. The van der Waals surface area contributed by atoms with E-state index in [2.05, 4.69) is 5.32 Å². The monoisotopic (exact) mass is 371 g/mol. The van der Waals surface area contributed by atoms with Gasteiger partial charge in [0, 0.05) is 36.9 Å². The van der Waals surface area contributed by atoms with E-state index in [1.165, 1.54) is 0 Å². The zero-order valence-electron chi connectivity index (χ0n) is 14.7. The smallest absolute Gasteiger partial charge is 0.321 e. The van der Waals surface area contributed by atoms with E-state index in [1.54, 1.807) is 29.2 Å². The van der Waals surface area contributed by atoms with E-state index in [0.717, 1.165) is 11.1 Å². The van der Waals surface area contributed by atoms with Crippen molar-refractivity contribution in [1.82, 2.24) is 9.80 Å². The summed E-state index contributed by atoms with van der Waals surface area (Å²) in [6.07, 6.45) is 0.404. The second-order valence-corrected chi connectivity index (χ2v) is 6.85. The van der Waals surface area contributed by atoms with Gasteiger partial charge in [-0.1, -0.05) is 41.9 Å². The summed E-state index contributed by atoms with van der Waals surface area (Å²) in [5, 5.41) is 3.42. The van der Waals surface area contributed by atoms with Crippen molar-refractivity contribution in [3.8, 4) is 0 Å². The van der Waals surface area contributed by atoms with Crippen molar-refractivity contribution >= 4 is 29.2 Å². The molecule has 0 bridgehead atoms. The summed E-state index contributed by atoms with van der Waals surface area (Å²) >= 11 is 5.94. The predicted octanol–water partition coefficient (Wildman–Crippen LogP) is 3.57. The van der Waals surface area contributed by atoms with Crippen molar-refractivity contribution in [2.45, 2.75) is 13.3 Å². The third kappa shape index (κ3) is 4.55. The number of carbonyl (C=O) groups is 2. The molecule has 5 nitrogen and oxygen atoms in total. The largest absolute Gasteiger partial charge is 0.339 e. The molecule has 1 fully saturated rings. The highest BCUT2D eigenvalue weighted by Gasteiger charge is 2.24. The molecule has 0 aliphatic carbocycles. The van der Waals surface area contributed by atoms with Crippen LogP contribution in [0.1, 0.15) is 11.1 Å². The number of halogens is 1. The van der Waals surface area contributed by atoms with Gasteiger partial charge in [-0.25, -0.2) is 4.79 Å². The Morgan fingerprint density at radius 1 is 1.00 bits per heavy atom. The normalized spacial score (nSPS) is 14.2. The van der Waals surface area contributed by atoms with Gasteiger partial charge in [-0.05, 0) is 36.2 Å². The van der Waals surface area contributed by atoms with Gasteiger partial charge in [0.25, 0.3) is 0 Å². The molecule has 3 amide bonds. The number of amides is 3. The zero-order chi connectivity index (χ0) is 18.5. The molecule has 0 unspecified atom stereocenters. The molecule has 136 valence electrons. The lowest BCUT2D eigenvalue weighted by Crippen LogP contribution is -2.52. The molecular weight excluding hydrogens is 350 g/mol. The van der Waals surface area contributed by atoms with Crippen molar-refractivity contribution in [3.05, 3.63) is 64.7 Å². The molecule has 6 heteroatoms. The number of rotatable bonds is 3. The van der Waals surface area contributed by atoms with Crippen LogP contribution in [0.25, 0.3) is 0 Å². The summed E-state index contributed by atoms with van der Waals surface area (Å²) in [4.78, 5) is 28.4. The van der Waals surface area contributed by atoms with Crippen LogP contribution in [0.2, 0.25) is 5.02 Å². The van der Waals surface area contributed by atoms with Crippen molar-refractivity contribution in [2.75, 3.05) is 31.5 Å². The number of aryl methyl sites for hydroxylation is 1. The zero-order valence-corrected chi connectivity index (χ0v) is 15.5. The number of carbonyl (C=O) groups excluding carboxylic acids is 2. The lowest BCUT2D eigenvalue weighted by Gasteiger charge is -2.35. The van der Waals surface area contributed by atoms with Crippen LogP contribution in [0.5, 0.6) is 0 Å². The lowest BCUT2D eigenvalue weighted by molar-refractivity contribution is -0.131. The second-order valence-electron chi connectivity index (χ2n) is 6.41. The fourth-order valence-electron chi connectivity index (χ4n) is 3.01. The van der Waals surface area contributed by atoms with E-state index in [4.69, 9.17) is 11.6 Å². The van der Waals surface area contributed by atoms with Crippen LogP contribution >= 0.6 is 11.6 Å². The molecule has 2 aromatic carbocycles. The maximum Gasteiger partial charge on any atom is 0.321 e. The highest BCUT2D eigenvalue weighted by atomic mass is 35.5. The lowest BCUT2D eigenvalue weighted by atomic mass is 10.1. The summed E-state index contributed by atoms with van der Waals surface area (Å²) in [5.41, 5.74) is 2.85. The van der Waals surface area contributed by atoms with Gasteiger partial charge >= 0.3 is 6.03 Å². The van der Waals surface area contributed by atoms with Crippen LogP contribution in [-0.2, 0) is 11.2 Å². The fourth-order valence-corrected chi connectivity index (χ4v) is 3.20. The number of hydrogen-bond donors (Lipinski definition) is 1. The Labute approximate surface area is 158 Å². The summed E-state index contributed by atoms with van der Waals surface area (Å²) < 4.78 is 0. The van der Waals surface area contributed by atoms with E-state index < -0.39 is 0 Å². The van der Waals surface area contributed by atoms with Gasteiger partial charge < -0.3 is 15.1 Å². The van der Waals surface area contributed by atoms with Gasteiger partial charge in [0.2, 0.25) is 5.91 Å². The molecule has 0 aromatic heterocycles. The molecule has 1 saturated heterocycles. The van der Waals surface area contributed by atoms with Crippen LogP contribution in [0.15, 0.2) is 48.5 Å². The number of nitrogens with zero attached hydrogens (tertiary/aromatic N) is 2. The van der Waals surface area contributed by atoms with Crippen molar-refractivity contribution in [3.63, 3.8) is 0 Å². The first-order chi connectivity index (χ1) is 12.5. The van der Waals surface area contributed by atoms with Crippen molar-refractivity contribution in [1.29, 1.82) is 0 Å². The number of nitrogens with one attached hydrogen (secondary N) is 1. The summed E-state index contributed by atoms with van der Waals surface area (Å²) in [7, 11) is 0. The highest BCUT2D eigenvalue weighted by Crippen LogP contribution is 2.16. The molecular formula is C20H22ClN3O2. The number of hydrogen-bond acceptors (Lipinski definition) is 2. The van der Waals surface area contributed by atoms with E-state index in [0.29, 0.717) is 43.3 Å². The SMILES string of the molecule is Cc1ccccc1CC(=O)N1CCN(C(=O)Nc2cccc(Cl)c2)CC1. The highest BCUT2D eigenvalue weighted by molar-refractivity contribution is 6.30. The Morgan fingerprint density at radius 3 is 2.38 bits per heavy atom. The van der Waals surface area contributed by atoms with Gasteiger partial charge in [0.15, 0.2) is 0 Å². The fraction of sp³-hybridized carbons (Fsp3) is 0.300. The van der Waals surface area contributed by atoms with E-state index in [9.17, 15) is 9.59 Å². The minimum absolute atomic E-state index is 0.106. The maximum atomic E-state index is 12.5. The molecule has 0 saturated carbocycles. The maximum absolute atomic E-state index is 12.5. The second kappa shape index (κ2) is 8.23. The molecule has 1 heterocycles. The molecule has 1 N–H and O–H groups in total. The van der Waals surface area contributed by atoms with Crippen molar-refractivity contribution in [2.24, 2.45) is 0 Å². The van der Waals surface area contributed by atoms with Gasteiger partial charge in [0.05, 0.1) is 6.42 Å². The number of benzene rings is 2. The van der Waals surface area contributed by atoms with Crippen LogP contribution in [0, 0.1) is 6.92 Å². The van der Waals surface area contributed by atoms with Gasteiger partial charge in [-0.15, -0.1) is 0 Å². The standard InChI is InChI=1S/C20H22ClN3O2/c1-15-5-2-3-6-16(15)13-19(25)23-9-11-24(12-10-23)20(26)22-18-8-4-7-17(21)14-18/h2-8,14H,9-13H2,1H3,(H,22,26). The van der Waals surface area contributed by atoms with Gasteiger partial charge in [-0.3, -0.25) is 4.79 Å². The molecule has 1 aliphatic rings. The third-order valence-electron chi connectivity index (χ3n) is 4.60. The topological polar surface area (TPSA) is 52.7 Å². The Kier molecular flexibility index (Phi) is 5.78. The van der Waals surface area contributed by atoms with Crippen LogP contribution < -0.4 is 5.32 Å². The van der Waals surface area contributed by atoms with Gasteiger partial charge in [-0.2, -0.15) is 0 Å². The summed E-state index contributed by atoms with van der Waals surface area (Å²) in [6, 6.07) is 14.8. The van der Waals surface area contributed by atoms with E-state index in [-0.39, 0.29) is 11.9 Å². The average molecular weight is 372 g/mol. The van der Waals surface area contributed by atoms with Crippen LogP contribution in [0.4, 0.5) is 10.5 Å². The quantitative estimate of drug-likeness (QED) is 0.896. The molecule has 0 radical (unpaired) electrons. The molecule has 2 aromatic rings. The van der Waals surface area contributed by atoms with E-state index in [1.807, 2.05) is 36.1 Å².